The van der Waals surface area contributed by atoms with E-state index < -0.39 is 0 Å². The molecule has 3 heteroatoms. The number of carbonyl (C=O) groups excluding carboxylic acids is 1. The largest absolute Gasteiger partial charge is 0.383 e. The summed E-state index contributed by atoms with van der Waals surface area (Å²) in [5, 5.41) is 0. The summed E-state index contributed by atoms with van der Waals surface area (Å²) in [6.45, 7) is 8.29. The van der Waals surface area contributed by atoms with Gasteiger partial charge in [-0.3, -0.25) is 9.69 Å². The fraction of sp³-hybridized carbons (Fsp3) is 0.917. The van der Waals surface area contributed by atoms with Crippen LogP contribution >= 0.6 is 0 Å². The van der Waals surface area contributed by atoms with Gasteiger partial charge in [-0.05, 0) is 19.8 Å². The second kappa shape index (κ2) is 5.08. The van der Waals surface area contributed by atoms with Gasteiger partial charge in [0.2, 0.25) is 0 Å². The number of hydrogen-bond donors (Lipinski definition) is 0. The van der Waals surface area contributed by atoms with Gasteiger partial charge in [-0.1, -0.05) is 13.8 Å². The van der Waals surface area contributed by atoms with Crippen molar-refractivity contribution in [2.24, 2.45) is 5.41 Å². The lowest BCUT2D eigenvalue weighted by Gasteiger charge is -2.30. The molecule has 0 unspecified atom stereocenters. The normalized spacial score (nSPS) is 17.1. The van der Waals surface area contributed by atoms with Gasteiger partial charge in [0.05, 0.1) is 6.61 Å². The molecule has 0 aromatic carbocycles. The Labute approximate surface area is 92.8 Å². The van der Waals surface area contributed by atoms with Crippen molar-refractivity contribution in [1.29, 1.82) is 0 Å². The number of ketones is 1. The van der Waals surface area contributed by atoms with E-state index in [0.717, 1.165) is 19.7 Å². The fourth-order valence-electron chi connectivity index (χ4n) is 1.66. The highest BCUT2D eigenvalue weighted by atomic mass is 16.5. The predicted octanol–water partition coefficient (Wildman–Crippen LogP) is 1.71. The molecule has 0 aliphatic heterocycles. The van der Waals surface area contributed by atoms with E-state index >= 15 is 0 Å². The number of carbonyl (C=O) groups is 1. The molecule has 0 aromatic heterocycles. The monoisotopic (exact) mass is 213 g/mol. The predicted molar refractivity (Wildman–Crippen MR) is 60.9 cm³/mol. The molecular formula is C12H23NO2. The van der Waals surface area contributed by atoms with Crippen molar-refractivity contribution in [2.45, 2.75) is 39.7 Å². The summed E-state index contributed by atoms with van der Waals surface area (Å²) < 4.78 is 5.10. The summed E-state index contributed by atoms with van der Waals surface area (Å²) in [5.41, 5.74) is -0.226. The van der Waals surface area contributed by atoms with Crippen molar-refractivity contribution < 1.29 is 9.53 Å². The minimum Gasteiger partial charge on any atom is -0.383 e. The van der Waals surface area contributed by atoms with Crippen molar-refractivity contribution >= 4 is 5.78 Å². The van der Waals surface area contributed by atoms with E-state index in [4.69, 9.17) is 4.74 Å². The van der Waals surface area contributed by atoms with Crippen LogP contribution in [0.1, 0.15) is 33.6 Å². The molecule has 3 nitrogen and oxygen atoms in total. The molecule has 0 radical (unpaired) electrons. The lowest BCUT2D eigenvalue weighted by molar-refractivity contribution is -0.126. The molecule has 0 heterocycles. The first-order valence-electron chi connectivity index (χ1n) is 5.71. The van der Waals surface area contributed by atoms with Gasteiger partial charge in [0, 0.05) is 31.7 Å². The molecule has 0 atom stereocenters. The quantitative estimate of drug-likeness (QED) is 0.645. The van der Waals surface area contributed by atoms with Crippen LogP contribution in [0.3, 0.4) is 0 Å². The SMILES string of the molecule is COCCN(CC(C)(C)C(C)=O)C1CC1. The van der Waals surface area contributed by atoms with E-state index in [-0.39, 0.29) is 11.2 Å². The highest BCUT2D eigenvalue weighted by molar-refractivity contribution is 5.81. The van der Waals surface area contributed by atoms with Crippen molar-refractivity contribution in [3.63, 3.8) is 0 Å². The molecule has 1 rings (SSSR count). The Hall–Kier alpha value is -0.410. The highest BCUT2D eigenvalue weighted by Gasteiger charge is 2.34. The van der Waals surface area contributed by atoms with Crippen LogP contribution in [0.15, 0.2) is 0 Å². The van der Waals surface area contributed by atoms with Crippen LogP contribution in [-0.4, -0.2) is 43.5 Å². The zero-order chi connectivity index (χ0) is 11.5. The smallest absolute Gasteiger partial charge is 0.136 e. The molecule has 1 fully saturated rings. The van der Waals surface area contributed by atoms with E-state index in [1.54, 1.807) is 14.0 Å². The van der Waals surface area contributed by atoms with Gasteiger partial charge in [-0.2, -0.15) is 0 Å². The molecule has 0 aromatic rings. The van der Waals surface area contributed by atoms with Crippen molar-refractivity contribution in [2.75, 3.05) is 26.8 Å². The maximum Gasteiger partial charge on any atom is 0.136 e. The van der Waals surface area contributed by atoms with Crippen LogP contribution in [0.5, 0.6) is 0 Å². The van der Waals surface area contributed by atoms with E-state index in [2.05, 4.69) is 4.90 Å². The average Bonchev–Trinajstić information content (AvgIpc) is 2.94. The van der Waals surface area contributed by atoms with Crippen molar-refractivity contribution in [3.8, 4) is 0 Å². The molecule has 0 saturated heterocycles. The summed E-state index contributed by atoms with van der Waals surface area (Å²) in [5.74, 6) is 0.269. The van der Waals surface area contributed by atoms with Crippen LogP contribution in [0.2, 0.25) is 0 Å². The van der Waals surface area contributed by atoms with Crippen LogP contribution in [-0.2, 0) is 9.53 Å². The minimum absolute atomic E-state index is 0.226. The summed E-state index contributed by atoms with van der Waals surface area (Å²) in [6, 6.07) is 0.693. The third kappa shape index (κ3) is 3.92. The molecule has 0 N–H and O–H groups in total. The van der Waals surface area contributed by atoms with Gasteiger partial charge < -0.3 is 4.74 Å². The fourth-order valence-corrected chi connectivity index (χ4v) is 1.66. The molecule has 1 aliphatic carbocycles. The van der Waals surface area contributed by atoms with E-state index in [1.807, 2.05) is 13.8 Å². The average molecular weight is 213 g/mol. The second-order valence-electron chi connectivity index (χ2n) is 5.13. The highest BCUT2D eigenvalue weighted by Crippen LogP contribution is 2.30. The third-order valence-electron chi connectivity index (χ3n) is 3.20. The van der Waals surface area contributed by atoms with Gasteiger partial charge in [0.15, 0.2) is 0 Å². The number of Topliss-reactive ketones (excluding diaryl/α,β-unsaturated/α-hetero) is 1. The molecule has 15 heavy (non-hydrogen) atoms. The summed E-state index contributed by atoms with van der Waals surface area (Å²) in [6.07, 6.45) is 2.55. The van der Waals surface area contributed by atoms with Crippen molar-refractivity contribution in [1.82, 2.24) is 4.90 Å². The summed E-state index contributed by atoms with van der Waals surface area (Å²) in [7, 11) is 1.72. The molecule has 1 aliphatic rings. The molecule has 0 amide bonds. The first-order chi connectivity index (χ1) is 6.97. The van der Waals surface area contributed by atoms with E-state index in [1.165, 1.54) is 12.8 Å². The maximum atomic E-state index is 11.5. The van der Waals surface area contributed by atoms with E-state index in [0.29, 0.717) is 6.04 Å². The number of methoxy groups -OCH3 is 1. The van der Waals surface area contributed by atoms with Gasteiger partial charge in [-0.25, -0.2) is 0 Å². The first-order valence-corrected chi connectivity index (χ1v) is 5.71. The Kier molecular flexibility index (Phi) is 4.29. The van der Waals surface area contributed by atoms with E-state index in [9.17, 15) is 4.79 Å². The van der Waals surface area contributed by atoms with Gasteiger partial charge in [0.1, 0.15) is 5.78 Å². The first kappa shape index (κ1) is 12.7. The number of hydrogen-bond acceptors (Lipinski definition) is 3. The third-order valence-corrected chi connectivity index (χ3v) is 3.20. The molecule has 0 bridgehead atoms. The van der Waals surface area contributed by atoms with Gasteiger partial charge in [0.25, 0.3) is 0 Å². The Morgan fingerprint density at radius 2 is 2.07 bits per heavy atom. The Morgan fingerprint density at radius 3 is 2.47 bits per heavy atom. The molecule has 88 valence electrons. The standard InChI is InChI=1S/C12H23NO2/c1-10(14)12(2,3)9-13(7-8-15-4)11-5-6-11/h11H,5-9H2,1-4H3. The number of nitrogens with zero attached hydrogens (tertiary/aromatic N) is 1. The number of ether oxygens (including phenoxy) is 1. The zero-order valence-electron chi connectivity index (χ0n) is 10.4. The zero-order valence-corrected chi connectivity index (χ0v) is 10.4. The second-order valence-corrected chi connectivity index (χ2v) is 5.13. The lowest BCUT2D eigenvalue weighted by atomic mass is 9.88. The molecule has 1 saturated carbocycles. The van der Waals surface area contributed by atoms with Crippen LogP contribution in [0.4, 0.5) is 0 Å². The number of rotatable bonds is 7. The Balaban J connectivity index is 2.46. The Morgan fingerprint density at radius 1 is 1.47 bits per heavy atom. The van der Waals surface area contributed by atoms with Crippen LogP contribution < -0.4 is 0 Å². The maximum absolute atomic E-state index is 11.5. The van der Waals surface area contributed by atoms with Crippen LogP contribution in [0, 0.1) is 5.41 Å². The van der Waals surface area contributed by atoms with Gasteiger partial charge in [-0.15, -0.1) is 0 Å². The summed E-state index contributed by atoms with van der Waals surface area (Å²) >= 11 is 0. The minimum atomic E-state index is -0.226. The van der Waals surface area contributed by atoms with Crippen molar-refractivity contribution in [3.05, 3.63) is 0 Å². The van der Waals surface area contributed by atoms with Gasteiger partial charge >= 0.3 is 0 Å². The Bertz CT molecular complexity index is 222. The molecular weight excluding hydrogens is 190 g/mol. The topological polar surface area (TPSA) is 29.5 Å². The lowest BCUT2D eigenvalue weighted by Crippen LogP contribution is -2.41. The van der Waals surface area contributed by atoms with Crippen LogP contribution in [0.25, 0.3) is 0 Å². The molecule has 0 spiro atoms. The summed E-state index contributed by atoms with van der Waals surface area (Å²) in [4.78, 5) is 13.9.